The van der Waals surface area contributed by atoms with Gasteiger partial charge in [0.1, 0.15) is 17.3 Å². The molecule has 13 nitrogen and oxygen atoms in total. The summed E-state index contributed by atoms with van der Waals surface area (Å²) in [6, 6.07) is 11.0. The van der Waals surface area contributed by atoms with E-state index >= 15 is 0 Å². The van der Waals surface area contributed by atoms with Gasteiger partial charge in [0.15, 0.2) is 0 Å². The number of hydrogen-bond donors (Lipinski definition) is 1. The van der Waals surface area contributed by atoms with Crippen molar-refractivity contribution < 1.29 is 23.4 Å². The zero-order valence-corrected chi connectivity index (χ0v) is 34.1. The zero-order valence-electron chi connectivity index (χ0n) is 34.1. The maximum atomic E-state index is 14.7. The Bertz CT molecular complexity index is 2420. The molecule has 0 unspecified atom stereocenters. The molecule has 5 aromatic rings. The van der Waals surface area contributed by atoms with E-state index in [1.54, 1.807) is 31.5 Å². The molecule has 7 rings (SSSR count). The number of fused-ring (bicyclic) bond motifs is 1. The van der Waals surface area contributed by atoms with Gasteiger partial charge in [-0.25, -0.2) is 9.18 Å². The first kappa shape index (κ1) is 41.6. The average molecular weight is 809 g/mol. The summed E-state index contributed by atoms with van der Waals surface area (Å²) in [6.45, 7) is 6.47. The third kappa shape index (κ3) is 9.49. The van der Waals surface area contributed by atoms with Crippen LogP contribution in [-0.4, -0.2) is 94.0 Å². The summed E-state index contributed by atoms with van der Waals surface area (Å²) < 4.78 is 36.0. The Balaban J connectivity index is 0.932. The van der Waals surface area contributed by atoms with Gasteiger partial charge < -0.3 is 28.6 Å². The molecule has 0 radical (unpaired) electrons. The predicted molar refractivity (Wildman–Crippen MR) is 224 cm³/mol. The third-order valence-corrected chi connectivity index (χ3v) is 11.7. The lowest BCUT2D eigenvalue weighted by atomic mass is 9.97. The smallest absolute Gasteiger partial charge is 0.333 e. The monoisotopic (exact) mass is 808 g/mol. The van der Waals surface area contributed by atoms with Crippen molar-refractivity contribution in [3.8, 4) is 28.3 Å². The topological polar surface area (TPSA) is 141 Å². The van der Waals surface area contributed by atoms with Crippen LogP contribution in [0.5, 0.6) is 11.5 Å². The lowest BCUT2D eigenvalue weighted by Crippen LogP contribution is -2.44. The Morgan fingerprint density at radius 3 is 2.25 bits per heavy atom. The minimum Gasteiger partial charge on any atom is -0.496 e. The molecule has 59 heavy (non-hydrogen) atoms. The number of pyridine rings is 2. The van der Waals surface area contributed by atoms with Crippen molar-refractivity contribution in [2.75, 3.05) is 46.9 Å². The third-order valence-electron chi connectivity index (χ3n) is 11.7. The molecule has 1 N–H and O–H groups in total. The molecule has 0 atom stereocenters. The normalized spacial score (nSPS) is 15.5. The van der Waals surface area contributed by atoms with Crippen LogP contribution in [0.2, 0.25) is 0 Å². The standard InChI is InChI=1S/C45H53FN6O7/c1-4-5-6-7-18-51-29-37(34-10-17-47-28-36(34)44(51)55)31-26-40(57-2)35(41(27-31)58-3)15-21-49-19-11-32(12-20-49)59-33-13-22-50(23-14-33)43(54)30-8-9-38(46)39(25-30)52-24-16-42(53)48-45(52)56/h8-10,16-17,24-29,32-33H,4-7,11-15,18-23H2,1-3H3,(H,48,53,56). The number of amides is 1. The summed E-state index contributed by atoms with van der Waals surface area (Å²) >= 11 is 0. The van der Waals surface area contributed by atoms with E-state index in [1.807, 2.05) is 29.0 Å². The summed E-state index contributed by atoms with van der Waals surface area (Å²) in [6.07, 6.45) is 14.9. The van der Waals surface area contributed by atoms with Gasteiger partial charge in [-0.15, -0.1) is 0 Å². The maximum Gasteiger partial charge on any atom is 0.333 e. The number of H-pyrrole nitrogens is 1. The van der Waals surface area contributed by atoms with Crippen molar-refractivity contribution in [2.45, 2.75) is 83.5 Å². The van der Waals surface area contributed by atoms with Crippen LogP contribution >= 0.6 is 0 Å². The lowest BCUT2D eigenvalue weighted by molar-refractivity contribution is -0.0620. The molecular formula is C45H53FN6O7. The number of hydrogen-bond acceptors (Lipinski definition) is 9. The van der Waals surface area contributed by atoms with Crippen molar-refractivity contribution in [1.82, 2.24) is 28.9 Å². The highest BCUT2D eigenvalue weighted by molar-refractivity contribution is 5.96. The van der Waals surface area contributed by atoms with Crippen LogP contribution in [0.4, 0.5) is 4.39 Å². The number of piperidine rings is 2. The molecule has 1 amide bonds. The lowest BCUT2D eigenvalue weighted by Gasteiger charge is -2.37. The van der Waals surface area contributed by atoms with Crippen LogP contribution in [0, 0.1) is 5.82 Å². The number of ether oxygens (including phenoxy) is 3. The van der Waals surface area contributed by atoms with E-state index in [-0.39, 0.29) is 34.9 Å². The van der Waals surface area contributed by atoms with Gasteiger partial charge in [0.25, 0.3) is 17.0 Å². The minimum absolute atomic E-state index is 0.0276. The van der Waals surface area contributed by atoms with Crippen LogP contribution in [0.25, 0.3) is 27.6 Å². The van der Waals surface area contributed by atoms with Crippen LogP contribution < -0.4 is 26.3 Å². The Morgan fingerprint density at radius 2 is 1.58 bits per heavy atom. The highest BCUT2D eigenvalue weighted by Crippen LogP contribution is 2.38. The van der Waals surface area contributed by atoms with E-state index in [4.69, 9.17) is 14.2 Å². The average Bonchev–Trinajstić information content (AvgIpc) is 3.26. The number of aromatic amines is 1. The predicted octanol–water partition coefficient (Wildman–Crippen LogP) is 5.97. The Morgan fingerprint density at radius 1 is 0.864 bits per heavy atom. The number of rotatable bonds is 15. The van der Waals surface area contributed by atoms with E-state index in [0.29, 0.717) is 37.9 Å². The zero-order chi connectivity index (χ0) is 41.5. The van der Waals surface area contributed by atoms with E-state index in [1.165, 1.54) is 18.3 Å². The highest BCUT2D eigenvalue weighted by atomic mass is 19.1. The number of nitrogens with zero attached hydrogens (tertiary/aromatic N) is 5. The van der Waals surface area contributed by atoms with Gasteiger partial charge >= 0.3 is 5.69 Å². The second kappa shape index (κ2) is 19.0. The van der Waals surface area contributed by atoms with E-state index in [2.05, 4.69) is 21.8 Å². The van der Waals surface area contributed by atoms with E-state index in [9.17, 15) is 23.6 Å². The van der Waals surface area contributed by atoms with Crippen molar-refractivity contribution in [1.29, 1.82) is 0 Å². The van der Waals surface area contributed by atoms with Gasteiger partial charge in [-0.05, 0) is 85.9 Å². The number of methoxy groups -OCH3 is 2. The number of halogens is 1. The molecule has 0 bridgehead atoms. The number of aryl methyl sites for hydroxylation is 1. The van der Waals surface area contributed by atoms with Crippen LogP contribution in [0.15, 0.2) is 81.6 Å². The minimum atomic E-state index is -0.783. The van der Waals surface area contributed by atoms with Crippen molar-refractivity contribution in [3.05, 3.63) is 115 Å². The summed E-state index contributed by atoms with van der Waals surface area (Å²) in [5.41, 5.74) is 1.61. The molecule has 2 fully saturated rings. The Labute approximate surface area is 342 Å². The van der Waals surface area contributed by atoms with Crippen molar-refractivity contribution in [3.63, 3.8) is 0 Å². The highest BCUT2D eigenvalue weighted by Gasteiger charge is 2.29. The fourth-order valence-electron chi connectivity index (χ4n) is 8.36. The van der Waals surface area contributed by atoms with Gasteiger partial charge in [-0.3, -0.25) is 28.9 Å². The van der Waals surface area contributed by atoms with Crippen LogP contribution in [0.3, 0.4) is 0 Å². The second-order valence-corrected chi connectivity index (χ2v) is 15.4. The molecule has 2 aliphatic rings. The maximum absolute atomic E-state index is 14.7. The number of carbonyl (C=O) groups excluding carboxylic acids is 1. The summed E-state index contributed by atoms with van der Waals surface area (Å²) in [7, 11) is 3.36. The first-order valence-electron chi connectivity index (χ1n) is 20.7. The van der Waals surface area contributed by atoms with E-state index in [0.717, 1.165) is 115 Å². The van der Waals surface area contributed by atoms with Crippen molar-refractivity contribution >= 4 is 16.7 Å². The van der Waals surface area contributed by atoms with Crippen LogP contribution in [-0.2, 0) is 17.7 Å². The fourth-order valence-corrected chi connectivity index (χ4v) is 8.36. The molecule has 2 saturated heterocycles. The van der Waals surface area contributed by atoms with Gasteiger partial charge in [0, 0.05) is 86.8 Å². The number of benzene rings is 2. The summed E-state index contributed by atoms with van der Waals surface area (Å²) in [5, 5.41) is 1.44. The number of carbonyl (C=O) groups is 1. The quantitative estimate of drug-likeness (QED) is 0.127. The fraction of sp³-hybridized carbons (Fsp3) is 0.444. The second-order valence-electron chi connectivity index (χ2n) is 15.4. The number of unbranched alkanes of at least 4 members (excludes halogenated alkanes) is 3. The molecule has 5 heterocycles. The number of likely N-dealkylation sites (tertiary alicyclic amines) is 2. The SMILES string of the molecule is CCCCCCn1cc(-c2cc(OC)c(CCN3CCC(OC4CCN(C(=O)c5ccc(F)c(-n6ccc(=O)[nH]c6=O)c5)CC4)CC3)c(OC)c2)c2ccncc2c1=O. The molecule has 0 spiro atoms. The number of aromatic nitrogens is 4. The summed E-state index contributed by atoms with van der Waals surface area (Å²) in [5.74, 6) is 0.563. The Hall–Kier alpha value is -5.60. The van der Waals surface area contributed by atoms with Gasteiger partial charge in [-0.1, -0.05) is 26.2 Å². The number of nitrogens with one attached hydrogen (secondary N) is 1. The van der Waals surface area contributed by atoms with Gasteiger partial charge in [-0.2, -0.15) is 0 Å². The van der Waals surface area contributed by atoms with Crippen molar-refractivity contribution in [2.24, 2.45) is 0 Å². The molecule has 0 aliphatic carbocycles. The molecule has 3 aromatic heterocycles. The molecular weight excluding hydrogens is 756 g/mol. The Kier molecular flexibility index (Phi) is 13.4. The first-order chi connectivity index (χ1) is 28.7. The molecule has 2 aromatic carbocycles. The van der Waals surface area contributed by atoms with Gasteiger partial charge in [0.2, 0.25) is 0 Å². The largest absolute Gasteiger partial charge is 0.496 e. The van der Waals surface area contributed by atoms with Gasteiger partial charge in [0.05, 0.1) is 37.5 Å². The van der Waals surface area contributed by atoms with Crippen LogP contribution in [0.1, 0.15) is 74.2 Å². The molecule has 14 heteroatoms. The molecule has 312 valence electrons. The first-order valence-corrected chi connectivity index (χ1v) is 20.7. The molecule has 2 aliphatic heterocycles. The summed E-state index contributed by atoms with van der Waals surface area (Å²) in [4.78, 5) is 61.1. The van der Waals surface area contributed by atoms with E-state index < -0.39 is 17.1 Å². The molecule has 0 saturated carbocycles.